The van der Waals surface area contributed by atoms with Crippen molar-refractivity contribution in [3.8, 4) is 11.1 Å². The molecule has 5 aliphatic rings. The molecule has 9 rings (SSSR count). The van der Waals surface area contributed by atoms with Crippen molar-refractivity contribution in [3.05, 3.63) is 86.4 Å². The summed E-state index contributed by atoms with van der Waals surface area (Å²) in [6.07, 6.45) is 10.5. The maximum absolute atomic E-state index is 13.8. The minimum absolute atomic E-state index is 0.0717. The van der Waals surface area contributed by atoms with Gasteiger partial charge in [0.15, 0.2) is 11.6 Å². The number of hydrogen-bond donors (Lipinski definition) is 3. The van der Waals surface area contributed by atoms with Crippen LogP contribution in [0.5, 0.6) is 0 Å². The van der Waals surface area contributed by atoms with Crippen molar-refractivity contribution in [2.45, 2.75) is 109 Å². The molecule has 4 aromatic rings. The van der Waals surface area contributed by atoms with Crippen LogP contribution in [0.1, 0.15) is 114 Å². The van der Waals surface area contributed by atoms with Crippen molar-refractivity contribution >= 4 is 46.5 Å². The third kappa shape index (κ3) is 7.43. The maximum atomic E-state index is 13.8. The number of nitrogens with one attached hydrogen (secondary N) is 1. The zero-order valence-corrected chi connectivity index (χ0v) is 35.4. The van der Waals surface area contributed by atoms with E-state index in [0.29, 0.717) is 63.2 Å². The average molecular weight is 843 g/mol. The van der Waals surface area contributed by atoms with Gasteiger partial charge in [0.25, 0.3) is 5.91 Å². The van der Waals surface area contributed by atoms with Crippen LogP contribution in [0.15, 0.2) is 36.4 Å². The first kappa shape index (κ1) is 40.3. The molecule has 3 fully saturated rings. The van der Waals surface area contributed by atoms with Gasteiger partial charge in [0.2, 0.25) is 5.78 Å². The van der Waals surface area contributed by atoms with Gasteiger partial charge in [0.1, 0.15) is 0 Å². The third-order valence-electron chi connectivity index (χ3n) is 14.6. The number of hydrogen-bond acceptors (Lipinski definition) is 8. The number of anilines is 1. The average Bonchev–Trinajstić information content (AvgIpc) is 3.99. The number of carbonyl (C=O) groups excluding carboxylic acids is 2. The second-order valence-corrected chi connectivity index (χ2v) is 18.8. The van der Waals surface area contributed by atoms with E-state index in [9.17, 15) is 24.6 Å². The van der Waals surface area contributed by atoms with Gasteiger partial charge >= 0.3 is 5.97 Å². The quantitative estimate of drug-likeness (QED) is 0.133. The molecule has 3 aliphatic carbocycles. The number of aliphatic hydroxyl groups excluding tert-OH is 1. The number of carboxylic acids is 1. The van der Waals surface area contributed by atoms with E-state index in [1.807, 2.05) is 53.6 Å². The largest absolute Gasteiger partial charge is 0.481 e. The van der Waals surface area contributed by atoms with Crippen LogP contribution in [0.2, 0.25) is 10.0 Å². The zero-order valence-electron chi connectivity index (χ0n) is 33.9. The molecule has 2 bridgehead atoms. The molecule has 0 radical (unpaired) electrons. The van der Waals surface area contributed by atoms with Crippen LogP contribution in [-0.4, -0.2) is 88.6 Å². The number of amides is 1. The fourth-order valence-electron chi connectivity index (χ4n) is 11.1. The molecule has 14 heteroatoms. The highest BCUT2D eigenvalue weighted by Crippen LogP contribution is 2.63. The number of aliphatic hydroxyl groups is 1. The zero-order chi connectivity index (χ0) is 41.2. The van der Waals surface area contributed by atoms with E-state index in [-0.39, 0.29) is 29.6 Å². The second kappa shape index (κ2) is 15.8. The lowest BCUT2D eigenvalue weighted by atomic mass is 9.80. The molecule has 312 valence electrons. The predicted octanol–water partition coefficient (Wildman–Crippen LogP) is 7.25. The molecule has 3 N–H and O–H groups in total. The van der Waals surface area contributed by atoms with Gasteiger partial charge in [-0.1, -0.05) is 53.5 Å². The molecule has 59 heavy (non-hydrogen) atoms. The maximum Gasteiger partial charge on any atom is 0.309 e. The normalized spacial score (nSPS) is 25.5. The summed E-state index contributed by atoms with van der Waals surface area (Å²) in [5.41, 5.74) is 5.98. The molecular formula is C45H53Cl2N7O5. The first-order valence-corrected chi connectivity index (χ1v) is 22.0. The fourth-order valence-corrected chi connectivity index (χ4v) is 11.6. The van der Waals surface area contributed by atoms with Gasteiger partial charge in [0, 0.05) is 88.1 Å². The summed E-state index contributed by atoms with van der Waals surface area (Å²) in [5, 5.41) is 23.6. The summed E-state index contributed by atoms with van der Waals surface area (Å²) in [6.45, 7) is 4.03. The van der Waals surface area contributed by atoms with E-state index in [2.05, 4.69) is 15.1 Å². The van der Waals surface area contributed by atoms with E-state index in [0.717, 1.165) is 119 Å². The molecule has 2 aliphatic heterocycles. The van der Waals surface area contributed by atoms with E-state index >= 15 is 0 Å². The standard InChI is InChI=1S/C45H53Cl2N7O5/c1-51-36-14-21-54(28-9-11-29(55)12-10-28)25-34(36)48-40(51)37(56)23-27-5-3-6-30(38(27)46)31-7-4-8-32(39(31)47)50-42(57)41-49-33-24-53(20-13-35(33)52(41)2)22-19-44-15-17-45(26-44,18-16-44)43(58)59/h3-8,28-29,55H,9-26H2,1-2H3,(H,50,57)(H,58,59). The summed E-state index contributed by atoms with van der Waals surface area (Å²) in [6, 6.07) is 11.4. The number of benzene rings is 2. The fraction of sp³-hybridized carbons (Fsp3) is 0.533. The number of rotatable bonds is 11. The number of ketones is 1. The number of fused-ring (bicyclic) bond motifs is 4. The number of nitrogens with zero attached hydrogens (tertiary/aromatic N) is 6. The van der Waals surface area contributed by atoms with E-state index in [1.54, 1.807) is 6.07 Å². The molecule has 0 atom stereocenters. The lowest BCUT2D eigenvalue weighted by molar-refractivity contribution is -0.148. The first-order valence-electron chi connectivity index (χ1n) is 21.2. The van der Waals surface area contributed by atoms with Gasteiger partial charge in [-0.2, -0.15) is 0 Å². The van der Waals surface area contributed by atoms with Crippen LogP contribution in [0.4, 0.5) is 5.69 Å². The minimum Gasteiger partial charge on any atom is -0.481 e. The third-order valence-corrected chi connectivity index (χ3v) is 15.5. The lowest BCUT2D eigenvalue weighted by Crippen LogP contribution is -2.42. The Morgan fingerprint density at radius 3 is 2.19 bits per heavy atom. The molecule has 0 spiro atoms. The Balaban J connectivity index is 0.859. The summed E-state index contributed by atoms with van der Waals surface area (Å²) in [5.74, 6) is -0.369. The molecule has 0 unspecified atom stereocenters. The molecule has 1 amide bonds. The highest BCUT2D eigenvalue weighted by molar-refractivity contribution is 6.39. The number of imidazole rings is 2. The van der Waals surface area contributed by atoms with Gasteiger partial charge in [0.05, 0.1) is 38.6 Å². The summed E-state index contributed by atoms with van der Waals surface area (Å²) in [4.78, 5) is 54.1. The molecule has 4 heterocycles. The van der Waals surface area contributed by atoms with Crippen molar-refractivity contribution in [1.29, 1.82) is 0 Å². The van der Waals surface area contributed by atoms with Gasteiger partial charge in [-0.05, 0) is 87.8 Å². The predicted molar refractivity (Wildman–Crippen MR) is 226 cm³/mol. The van der Waals surface area contributed by atoms with Crippen molar-refractivity contribution in [1.82, 2.24) is 28.9 Å². The number of carbonyl (C=O) groups is 3. The number of halogens is 2. The van der Waals surface area contributed by atoms with Crippen LogP contribution < -0.4 is 5.32 Å². The van der Waals surface area contributed by atoms with E-state index in [1.165, 1.54) is 0 Å². The monoisotopic (exact) mass is 841 g/mol. The Kier molecular flexibility index (Phi) is 10.8. The molecule has 0 saturated heterocycles. The van der Waals surface area contributed by atoms with Crippen LogP contribution in [-0.2, 0) is 51.2 Å². The summed E-state index contributed by atoms with van der Waals surface area (Å²) in [7, 11) is 3.79. The Morgan fingerprint density at radius 1 is 0.831 bits per heavy atom. The second-order valence-electron chi connectivity index (χ2n) is 18.0. The number of carboxylic acid groups (broad SMARTS) is 1. The summed E-state index contributed by atoms with van der Waals surface area (Å²) < 4.78 is 3.81. The number of aromatic nitrogens is 4. The van der Waals surface area contributed by atoms with Crippen LogP contribution in [0, 0.1) is 10.8 Å². The van der Waals surface area contributed by atoms with Crippen LogP contribution in [0.3, 0.4) is 0 Å². The molecule has 2 aromatic heterocycles. The number of Topliss-reactive ketones (excluding diaryl/α,β-unsaturated/α-hetero) is 1. The van der Waals surface area contributed by atoms with Crippen molar-refractivity contribution in [2.75, 3.05) is 25.0 Å². The highest BCUT2D eigenvalue weighted by atomic mass is 35.5. The van der Waals surface area contributed by atoms with Gasteiger partial charge in [-0.15, -0.1) is 0 Å². The van der Waals surface area contributed by atoms with Crippen molar-refractivity contribution in [2.24, 2.45) is 24.9 Å². The Bertz CT molecular complexity index is 2320. The SMILES string of the molecule is Cn1c(C(=O)Cc2cccc(-c3cccc(NC(=O)c4nc5c(n4C)CCN(CCC46CCC(C(=O)O)(CC4)C6)C5)c3Cl)c2Cl)nc2c1CCN(C1CCC(O)CC1)C2. The van der Waals surface area contributed by atoms with E-state index in [4.69, 9.17) is 33.2 Å². The summed E-state index contributed by atoms with van der Waals surface area (Å²) >= 11 is 14.1. The highest BCUT2D eigenvalue weighted by Gasteiger charge is 2.57. The smallest absolute Gasteiger partial charge is 0.309 e. The van der Waals surface area contributed by atoms with Crippen LogP contribution >= 0.6 is 23.2 Å². The van der Waals surface area contributed by atoms with Gasteiger partial charge < -0.3 is 24.7 Å². The molecular weight excluding hydrogens is 789 g/mol. The van der Waals surface area contributed by atoms with Crippen molar-refractivity contribution < 1.29 is 24.6 Å². The van der Waals surface area contributed by atoms with Crippen LogP contribution in [0.25, 0.3) is 11.1 Å². The van der Waals surface area contributed by atoms with E-state index < -0.39 is 11.4 Å². The minimum atomic E-state index is -0.626. The topological polar surface area (TPSA) is 146 Å². The van der Waals surface area contributed by atoms with Gasteiger partial charge in [-0.3, -0.25) is 24.2 Å². The molecule has 2 aromatic carbocycles. The Labute approximate surface area is 354 Å². The van der Waals surface area contributed by atoms with Crippen molar-refractivity contribution in [3.63, 3.8) is 0 Å². The van der Waals surface area contributed by atoms with Gasteiger partial charge in [-0.25, -0.2) is 9.97 Å². The molecule has 3 saturated carbocycles. The Morgan fingerprint density at radius 2 is 1.47 bits per heavy atom. The number of aliphatic carboxylic acids is 1. The first-order chi connectivity index (χ1) is 28.3. The molecule has 12 nitrogen and oxygen atoms in total. The lowest BCUT2D eigenvalue weighted by Gasteiger charge is -2.37. The Hall–Kier alpha value is -4.07.